The Hall–Kier alpha value is -1.87. The SMILES string of the molecule is CCCCN1C(C)=C(C#CC(C)(C)O)S/C1=C\C(=O)c1cc(Cl)ccc1OC. The second kappa shape index (κ2) is 9.56. The standard InChI is InChI=1S/C22H26ClNO3S/c1-6-7-12-24-15(2)20(10-11-22(3,4)26)28-21(24)14-18(25)17-13-16(23)8-9-19(17)27-5/h8-9,13-14,26H,6-7,12H2,1-5H3/b21-14-. The summed E-state index contributed by atoms with van der Waals surface area (Å²) in [7, 11) is 1.53. The number of hydrogen-bond donors (Lipinski definition) is 1. The predicted octanol–water partition coefficient (Wildman–Crippen LogP) is 5.23. The molecule has 6 heteroatoms. The molecule has 0 fully saturated rings. The number of ether oxygens (including phenoxy) is 1. The number of halogens is 1. The Balaban J connectivity index is 2.38. The molecule has 1 heterocycles. The maximum atomic E-state index is 12.9. The van der Waals surface area contributed by atoms with Crippen LogP contribution in [0, 0.1) is 11.8 Å². The molecule has 0 saturated heterocycles. The fourth-order valence-electron chi connectivity index (χ4n) is 2.61. The first-order valence-corrected chi connectivity index (χ1v) is 10.4. The zero-order valence-electron chi connectivity index (χ0n) is 16.9. The van der Waals surface area contributed by atoms with E-state index in [1.807, 2.05) is 6.92 Å². The Morgan fingerprint density at radius 2 is 2.14 bits per heavy atom. The topological polar surface area (TPSA) is 49.8 Å². The van der Waals surface area contributed by atoms with Crippen molar-refractivity contribution >= 4 is 29.1 Å². The van der Waals surface area contributed by atoms with Crippen LogP contribution >= 0.6 is 23.4 Å². The van der Waals surface area contributed by atoms with Gasteiger partial charge in [-0.05, 0) is 45.4 Å². The van der Waals surface area contributed by atoms with Gasteiger partial charge in [0.25, 0.3) is 0 Å². The second-order valence-electron chi connectivity index (χ2n) is 7.02. The average molecular weight is 420 g/mol. The largest absolute Gasteiger partial charge is 0.496 e. The van der Waals surface area contributed by atoms with Gasteiger partial charge in [0.15, 0.2) is 5.78 Å². The minimum atomic E-state index is -1.07. The van der Waals surface area contributed by atoms with E-state index in [4.69, 9.17) is 16.3 Å². The lowest BCUT2D eigenvalue weighted by molar-refractivity contribution is 0.104. The van der Waals surface area contributed by atoms with Crippen LogP contribution < -0.4 is 4.74 Å². The summed E-state index contributed by atoms with van der Waals surface area (Å²) in [6.07, 6.45) is 3.65. The molecule has 1 aliphatic rings. The van der Waals surface area contributed by atoms with Gasteiger partial charge >= 0.3 is 0 Å². The van der Waals surface area contributed by atoms with Gasteiger partial charge in [-0.3, -0.25) is 4.79 Å². The van der Waals surface area contributed by atoms with Crippen LogP contribution in [-0.4, -0.2) is 35.0 Å². The number of carbonyl (C=O) groups excluding carboxylic acids is 1. The molecule has 1 aromatic rings. The predicted molar refractivity (Wildman–Crippen MR) is 116 cm³/mol. The Labute approximate surface area is 176 Å². The van der Waals surface area contributed by atoms with Crippen molar-refractivity contribution in [2.75, 3.05) is 13.7 Å². The van der Waals surface area contributed by atoms with E-state index in [2.05, 4.69) is 23.7 Å². The lowest BCUT2D eigenvalue weighted by atomic mass is 10.1. The van der Waals surface area contributed by atoms with Crippen molar-refractivity contribution in [3.8, 4) is 17.6 Å². The minimum Gasteiger partial charge on any atom is -0.496 e. The lowest BCUT2D eigenvalue weighted by Crippen LogP contribution is -2.18. The van der Waals surface area contributed by atoms with Crippen molar-refractivity contribution in [1.82, 2.24) is 4.90 Å². The zero-order valence-corrected chi connectivity index (χ0v) is 18.5. The van der Waals surface area contributed by atoms with Crippen LogP contribution in [0.1, 0.15) is 50.9 Å². The fourth-order valence-corrected chi connectivity index (χ4v) is 3.86. The van der Waals surface area contributed by atoms with Crippen LogP contribution in [0.15, 0.2) is 39.9 Å². The Kier molecular flexibility index (Phi) is 7.65. The van der Waals surface area contributed by atoms with Crippen molar-refractivity contribution in [3.05, 3.63) is 50.5 Å². The molecule has 0 atom stereocenters. The molecule has 4 nitrogen and oxygen atoms in total. The van der Waals surface area contributed by atoms with Crippen LogP contribution in [0.25, 0.3) is 0 Å². The van der Waals surface area contributed by atoms with Crippen LogP contribution in [0.3, 0.4) is 0 Å². The highest BCUT2D eigenvalue weighted by Crippen LogP contribution is 2.41. The maximum Gasteiger partial charge on any atom is 0.192 e. The summed E-state index contributed by atoms with van der Waals surface area (Å²) in [5, 5.41) is 11.2. The number of carbonyl (C=O) groups is 1. The van der Waals surface area contributed by atoms with Crippen molar-refractivity contribution < 1.29 is 14.6 Å². The molecule has 1 aliphatic heterocycles. The third-order valence-electron chi connectivity index (χ3n) is 4.10. The van der Waals surface area contributed by atoms with Crippen LogP contribution in [0.5, 0.6) is 5.75 Å². The van der Waals surface area contributed by atoms with Crippen molar-refractivity contribution in [2.45, 2.75) is 46.1 Å². The van der Waals surface area contributed by atoms with E-state index in [1.54, 1.807) is 38.1 Å². The smallest absolute Gasteiger partial charge is 0.192 e. The summed E-state index contributed by atoms with van der Waals surface area (Å²) in [5.74, 6) is 6.22. The van der Waals surface area contributed by atoms with Gasteiger partial charge in [-0.25, -0.2) is 0 Å². The molecule has 1 N–H and O–H groups in total. The number of methoxy groups -OCH3 is 1. The molecule has 28 heavy (non-hydrogen) atoms. The lowest BCUT2D eigenvalue weighted by Gasteiger charge is -2.20. The summed E-state index contributed by atoms with van der Waals surface area (Å²) >= 11 is 7.51. The van der Waals surface area contributed by atoms with Gasteiger partial charge in [0.05, 0.1) is 22.6 Å². The van der Waals surface area contributed by atoms with Gasteiger partial charge in [-0.15, -0.1) is 0 Å². The summed E-state index contributed by atoms with van der Waals surface area (Å²) < 4.78 is 5.31. The number of aliphatic hydroxyl groups is 1. The number of allylic oxidation sites excluding steroid dienone is 3. The molecule has 0 saturated carbocycles. The van der Waals surface area contributed by atoms with Crippen molar-refractivity contribution in [3.63, 3.8) is 0 Å². The molecule has 0 radical (unpaired) electrons. The van der Waals surface area contributed by atoms with Crippen LogP contribution in [-0.2, 0) is 0 Å². The highest BCUT2D eigenvalue weighted by Gasteiger charge is 2.26. The third kappa shape index (κ3) is 5.81. The number of rotatable bonds is 6. The quantitative estimate of drug-likeness (QED) is 0.388. The van der Waals surface area contributed by atoms with E-state index in [0.717, 1.165) is 35.0 Å². The van der Waals surface area contributed by atoms with Crippen LogP contribution in [0.2, 0.25) is 5.02 Å². The van der Waals surface area contributed by atoms with Gasteiger partial charge in [0, 0.05) is 23.3 Å². The molecule has 150 valence electrons. The maximum absolute atomic E-state index is 12.9. The van der Waals surface area contributed by atoms with Gasteiger partial charge in [0.2, 0.25) is 0 Å². The van der Waals surface area contributed by atoms with Gasteiger partial charge < -0.3 is 14.7 Å². The molecular weight excluding hydrogens is 394 g/mol. The monoisotopic (exact) mass is 419 g/mol. The number of nitrogens with zero attached hydrogens (tertiary/aromatic N) is 1. The molecule has 0 unspecified atom stereocenters. The fraction of sp³-hybridized carbons (Fsp3) is 0.409. The minimum absolute atomic E-state index is 0.173. The van der Waals surface area contributed by atoms with Gasteiger partial charge in [0.1, 0.15) is 11.4 Å². The number of benzene rings is 1. The van der Waals surface area contributed by atoms with E-state index in [9.17, 15) is 9.90 Å². The Bertz CT molecular complexity index is 872. The highest BCUT2D eigenvalue weighted by molar-refractivity contribution is 8.07. The molecule has 0 amide bonds. The zero-order chi connectivity index (χ0) is 20.9. The molecule has 0 spiro atoms. The molecule has 2 rings (SSSR count). The number of unbranched alkanes of at least 4 members (excludes halogenated alkanes) is 1. The molecule has 1 aromatic carbocycles. The summed E-state index contributed by atoms with van der Waals surface area (Å²) in [5.41, 5.74) is 0.345. The first-order valence-electron chi connectivity index (χ1n) is 9.17. The first-order chi connectivity index (χ1) is 13.2. The normalized spacial score (nSPS) is 15.7. The van der Waals surface area contributed by atoms with Gasteiger partial charge in [-0.2, -0.15) is 0 Å². The summed E-state index contributed by atoms with van der Waals surface area (Å²) in [6, 6.07) is 5.00. The Morgan fingerprint density at radius 3 is 2.75 bits per heavy atom. The molecule has 0 bridgehead atoms. The number of thioether (sulfide) groups is 1. The Morgan fingerprint density at radius 1 is 1.43 bits per heavy atom. The van der Waals surface area contributed by atoms with E-state index in [-0.39, 0.29) is 5.78 Å². The third-order valence-corrected chi connectivity index (χ3v) is 5.49. The van der Waals surface area contributed by atoms with E-state index in [0.29, 0.717) is 16.3 Å². The highest BCUT2D eigenvalue weighted by atomic mass is 35.5. The van der Waals surface area contributed by atoms with E-state index in [1.165, 1.54) is 18.9 Å². The average Bonchev–Trinajstić information content (AvgIpc) is 2.92. The first kappa shape index (κ1) is 22.4. The summed E-state index contributed by atoms with van der Waals surface area (Å²) in [4.78, 5) is 15.9. The van der Waals surface area contributed by atoms with E-state index < -0.39 is 5.60 Å². The summed E-state index contributed by atoms with van der Waals surface area (Å²) in [6.45, 7) is 8.21. The molecule has 0 aliphatic carbocycles. The van der Waals surface area contributed by atoms with Crippen molar-refractivity contribution in [2.24, 2.45) is 0 Å². The number of hydrogen-bond acceptors (Lipinski definition) is 5. The molecule has 0 aromatic heterocycles. The number of ketones is 1. The molecular formula is C22H26ClNO3S. The van der Waals surface area contributed by atoms with Crippen LogP contribution in [0.4, 0.5) is 0 Å². The second-order valence-corrected chi connectivity index (χ2v) is 8.49. The van der Waals surface area contributed by atoms with Crippen molar-refractivity contribution in [1.29, 1.82) is 0 Å². The van der Waals surface area contributed by atoms with Gasteiger partial charge in [-0.1, -0.05) is 48.5 Å². The van der Waals surface area contributed by atoms with E-state index >= 15 is 0 Å².